The minimum absolute atomic E-state index is 0.333. The van der Waals surface area contributed by atoms with Gasteiger partial charge < -0.3 is 10.2 Å². The van der Waals surface area contributed by atoms with Crippen LogP contribution < -0.4 is 11.4 Å². The van der Waals surface area contributed by atoms with Gasteiger partial charge in [-0.15, -0.1) is 0 Å². The maximum absolute atomic E-state index is 11.2. The van der Waals surface area contributed by atoms with Gasteiger partial charge in [-0.25, -0.2) is 4.79 Å². The average molecular weight is 273 g/mol. The van der Waals surface area contributed by atoms with Crippen molar-refractivity contribution in [2.75, 3.05) is 5.73 Å². The Bertz CT molecular complexity index is 616. The van der Waals surface area contributed by atoms with E-state index >= 15 is 0 Å². The number of nitrogen functional groups attached to an aromatic ring is 1. The van der Waals surface area contributed by atoms with E-state index in [9.17, 15) is 4.79 Å². The molecule has 0 aliphatic carbocycles. The molecule has 0 amide bonds. The van der Waals surface area contributed by atoms with Crippen LogP contribution in [0.4, 0.5) is 5.69 Å². The van der Waals surface area contributed by atoms with Gasteiger partial charge in [-0.1, -0.05) is 45.1 Å². The summed E-state index contributed by atoms with van der Waals surface area (Å²) in [5.41, 5.74) is 8.31. The molecule has 20 heavy (non-hydrogen) atoms. The van der Waals surface area contributed by atoms with Crippen LogP contribution in [0.2, 0.25) is 0 Å². The lowest BCUT2D eigenvalue weighted by molar-refractivity contribution is 0.561. The highest BCUT2D eigenvalue weighted by Crippen LogP contribution is 2.25. The SMILES string of the molecule is CCCCCCCCc1ccc2oc(=O)ccc2c1N. The number of benzene rings is 1. The van der Waals surface area contributed by atoms with Crippen molar-refractivity contribution in [2.24, 2.45) is 0 Å². The van der Waals surface area contributed by atoms with Crippen LogP contribution in [0.3, 0.4) is 0 Å². The predicted octanol–water partition coefficient (Wildman–Crippen LogP) is 4.28. The van der Waals surface area contributed by atoms with Gasteiger partial charge in [0, 0.05) is 17.1 Å². The fourth-order valence-electron chi connectivity index (χ4n) is 2.53. The van der Waals surface area contributed by atoms with Crippen molar-refractivity contribution >= 4 is 16.7 Å². The molecule has 1 aromatic heterocycles. The van der Waals surface area contributed by atoms with E-state index in [1.54, 1.807) is 6.07 Å². The summed E-state index contributed by atoms with van der Waals surface area (Å²) in [6.45, 7) is 2.23. The Hall–Kier alpha value is -1.77. The molecule has 2 aromatic rings. The Morgan fingerprint density at radius 3 is 2.55 bits per heavy atom. The summed E-state index contributed by atoms with van der Waals surface area (Å²) in [6, 6.07) is 7.00. The molecule has 0 atom stereocenters. The van der Waals surface area contributed by atoms with Gasteiger partial charge in [0.2, 0.25) is 0 Å². The third kappa shape index (κ3) is 3.62. The lowest BCUT2D eigenvalue weighted by Crippen LogP contribution is -2.00. The van der Waals surface area contributed by atoms with Gasteiger partial charge in [0.05, 0.1) is 0 Å². The Kier molecular flexibility index (Phi) is 5.22. The van der Waals surface area contributed by atoms with Crippen molar-refractivity contribution in [1.82, 2.24) is 0 Å². The molecular weight excluding hydrogens is 250 g/mol. The first-order valence-corrected chi connectivity index (χ1v) is 7.53. The first kappa shape index (κ1) is 14.6. The molecule has 3 nitrogen and oxygen atoms in total. The Morgan fingerprint density at radius 1 is 1.00 bits per heavy atom. The number of anilines is 1. The number of aryl methyl sites for hydroxylation is 1. The van der Waals surface area contributed by atoms with E-state index < -0.39 is 0 Å². The van der Waals surface area contributed by atoms with Gasteiger partial charge in [-0.05, 0) is 30.5 Å². The van der Waals surface area contributed by atoms with Crippen LogP contribution in [0.25, 0.3) is 11.0 Å². The summed E-state index contributed by atoms with van der Waals surface area (Å²) >= 11 is 0. The minimum Gasteiger partial charge on any atom is -0.423 e. The summed E-state index contributed by atoms with van der Waals surface area (Å²) in [4.78, 5) is 11.2. The topological polar surface area (TPSA) is 56.2 Å². The lowest BCUT2D eigenvalue weighted by Gasteiger charge is -2.08. The van der Waals surface area contributed by atoms with E-state index in [4.69, 9.17) is 10.2 Å². The maximum atomic E-state index is 11.2. The fourth-order valence-corrected chi connectivity index (χ4v) is 2.53. The minimum atomic E-state index is -0.333. The van der Waals surface area contributed by atoms with Crippen LogP contribution in [0.1, 0.15) is 51.0 Å². The van der Waals surface area contributed by atoms with E-state index in [0.717, 1.165) is 29.5 Å². The molecule has 2 N–H and O–H groups in total. The van der Waals surface area contributed by atoms with Crippen molar-refractivity contribution in [3.8, 4) is 0 Å². The zero-order chi connectivity index (χ0) is 14.4. The van der Waals surface area contributed by atoms with Crippen LogP contribution in [0.5, 0.6) is 0 Å². The number of hydrogen-bond acceptors (Lipinski definition) is 3. The number of rotatable bonds is 7. The molecule has 0 radical (unpaired) electrons. The summed E-state index contributed by atoms with van der Waals surface area (Å²) in [6.07, 6.45) is 8.65. The molecule has 1 heterocycles. The quantitative estimate of drug-likeness (QED) is 0.465. The molecule has 0 unspecified atom stereocenters. The largest absolute Gasteiger partial charge is 0.423 e. The Labute approximate surface area is 119 Å². The molecule has 1 aromatic carbocycles. The van der Waals surface area contributed by atoms with Gasteiger partial charge in [-0.2, -0.15) is 0 Å². The van der Waals surface area contributed by atoms with Gasteiger partial charge >= 0.3 is 5.63 Å². The molecule has 3 heteroatoms. The third-order valence-corrected chi connectivity index (χ3v) is 3.73. The fraction of sp³-hybridized carbons (Fsp3) is 0.471. The van der Waals surface area contributed by atoms with E-state index in [0.29, 0.717) is 5.58 Å². The molecule has 0 bridgehead atoms. The summed E-state index contributed by atoms with van der Waals surface area (Å²) < 4.78 is 5.13. The van der Waals surface area contributed by atoms with Crippen LogP contribution >= 0.6 is 0 Å². The normalized spacial score (nSPS) is 11.1. The number of nitrogens with two attached hydrogens (primary N) is 1. The maximum Gasteiger partial charge on any atom is 0.336 e. The van der Waals surface area contributed by atoms with Crippen molar-refractivity contribution in [1.29, 1.82) is 0 Å². The zero-order valence-electron chi connectivity index (χ0n) is 12.2. The Balaban J connectivity index is 1.99. The summed E-state index contributed by atoms with van der Waals surface area (Å²) in [7, 11) is 0. The average Bonchev–Trinajstić information content (AvgIpc) is 2.44. The van der Waals surface area contributed by atoms with Gasteiger partial charge in [0.15, 0.2) is 0 Å². The smallest absolute Gasteiger partial charge is 0.336 e. The van der Waals surface area contributed by atoms with Crippen molar-refractivity contribution in [3.05, 3.63) is 40.2 Å². The first-order valence-electron chi connectivity index (χ1n) is 7.53. The monoisotopic (exact) mass is 273 g/mol. The third-order valence-electron chi connectivity index (χ3n) is 3.73. The molecule has 2 rings (SSSR count). The lowest BCUT2D eigenvalue weighted by atomic mass is 10.0. The summed E-state index contributed by atoms with van der Waals surface area (Å²) in [5.74, 6) is 0. The second kappa shape index (κ2) is 7.13. The van der Waals surface area contributed by atoms with Crippen molar-refractivity contribution < 1.29 is 4.42 Å². The highest BCUT2D eigenvalue weighted by Gasteiger charge is 2.06. The zero-order valence-corrected chi connectivity index (χ0v) is 12.2. The molecule has 0 spiro atoms. The predicted molar refractivity (Wildman–Crippen MR) is 84.0 cm³/mol. The molecular formula is C17H23NO2. The standard InChI is InChI=1S/C17H23NO2/c1-2-3-4-5-6-7-8-13-9-11-15-14(17(13)18)10-12-16(19)20-15/h9-12H,2-8,18H2,1H3. The van der Waals surface area contributed by atoms with Crippen LogP contribution in [-0.2, 0) is 6.42 Å². The van der Waals surface area contributed by atoms with E-state index in [2.05, 4.69) is 6.92 Å². The van der Waals surface area contributed by atoms with E-state index in [-0.39, 0.29) is 5.63 Å². The molecule has 0 fully saturated rings. The van der Waals surface area contributed by atoms with Gasteiger partial charge in [-0.3, -0.25) is 0 Å². The van der Waals surface area contributed by atoms with E-state index in [1.165, 1.54) is 38.2 Å². The summed E-state index contributed by atoms with van der Waals surface area (Å²) in [5, 5.41) is 0.841. The highest BCUT2D eigenvalue weighted by molar-refractivity contribution is 5.90. The van der Waals surface area contributed by atoms with Crippen molar-refractivity contribution in [3.63, 3.8) is 0 Å². The van der Waals surface area contributed by atoms with Crippen LogP contribution in [0, 0.1) is 0 Å². The van der Waals surface area contributed by atoms with Crippen LogP contribution in [0.15, 0.2) is 33.5 Å². The Morgan fingerprint density at radius 2 is 1.75 bits per heavy atom. The number of unbranched alkanes of at least 4 members (excludes halogenated alkanes) is 5. The molecule has 108 valence electrons. The molecule has 0 saturated carbocycles. The number of fused-ring (bicyclic) bond motifs is 1. The van der Waals surface area contributed by atoms with Gasteiger partial charge in [0.1, 0.15) is 5.58 Å². The molecule has 0 aliphatic rings. The molecule has 0 saturated heterocycles. The molecule has 0 aliphatic heterocycles. The van der Waals surface area contributed by atoms with Crippen molar-refractivity contribution in [2.45, 2.75) is 51.9 Å². The first-order chi connectivity index (χ1) is 9.72. The van der Waals surface area contributed by atoms with Crippen LogP contribution in [-0.4, -0.2) is 0 Å². The van der Waals surface area contributed by atoms with Gasteiger partial charge in [0.25, 0.3) is 0 Å². The number of hydrogen-bond donors (Lipinski definition) is 1. The van der Waals surface area contributed by atoms with E-state index in [1.807, 2.05) is 12.1 Å². The second-order valence-corrected chi connectivity index (χ2v) is 5.32. The highest BCUT2D eigenvalue weighted by atomic mass is 16.4. The second-order valence-electron chi connectivity index (χ2n) is 5.32.